The lowest BCUT2D eigenvalue weighted by atomic mass is 10.2. The Hall–Kier alpha value is -3.32. The van der Waals surface area contributed by atoms with Crippen LogP contribution in [0.5, 0.6) is 5.75 Å². The first-order valence-corrected chi connectivity index (χ1v) is 7.84. The van der Waals surface area contributed by atoms with Gasteiger partial charge >= 0.3 is 5.91 Å². The molecule has 0 radical (unpaired) electrons. The monoisotopic (exact) mass is 371 g/mol. The lowest BCUT2D eigenvalue weighted by Crippen LogP contribution is -2.28. The van der Waals surface area contributed by atoms with E-state index in [9.17, 15) is 14.7 Å². The number of hydrogen-bond acceptors (Lipinski definition) is 6. The molecule has 0 aliphatic rings. The first kappa shape index (κ1) is 17.5. The van der Waals surface area contributed by atoms with Crippen LogP contribution in [0.4, 0.5) is 0 Å². The maximum absolute atomic E-state index is 12.1. The van der Waals surface area contributed by atoms with E-state index in [2.05, 4.69) is 10.5 Å². The SMILES string of the molecule is O=C([O-])COc1ccc(/C=N\NC(=O)c2cc3cc(Cl)ccc3o2)cc1. The van der Waals surface area contributed by atoms with Crippen LogP contribution >= 0.6 is 11.6 Å². The van der Waals surface area contributed by atoms with E-state index in [-0.39, 0.29) is 5.76 Å². The van der Waals surface area contributed by atoms with E-state index in [4.69, 9.17) is 20.8 Å². The van der Waals surface area contributed by atoms with Gasteiger partial charge < -0.3 is 19.1 Å². The third kappa shape index (κ3) is 4.40. The normalized spacial score (nSPS) is 11.0. The summed E-state index contributed by atoms with van der Waals surface area (Å²) < 4.78 is 10.4. The van der Waals surface area contributed by atoms with Crippen LogP contribution in [0.15, 0.2) is 58.0 Å². The van der Waals surface area contributed by atoms with Gasteiger partial charge in [-0.3, -0.25) is 4.79 Å². The Morgan fingerprint density at radius 2 is 1.96 bits per heavy atom. The molecule has 0 atom stereocenters. The summed E-state index contributed by atoms with van der Waals surface area (Å²) in [7, 11) is 0. The summed E-state index contributed by atoms with van der Waals surface area (Å²) >= 11 is 5.90. The Balaban J connectivity index is 1.60. The Morgan fingerprint density at radius 1 is 1.19 bits per heavy atom. The molecular weight excluding hydrogens is 360 g/mol. The van der Waals surface area contributed by atoms with Crippen molar-refractivity contribution in [3.05, 3.63) is 64.9 Å². The average Bonchev–Trinajstić information content (AvgIpc) is 3.04. The minimum absolute atomic E-state index is 0.116. The van der Waals surface area contributed by atoms with E-state index in [1.54, 1.807) is 48.5 Å². The number of carbonyl (C=O) groups is 2. The Kier molecular flexibility index (Phi) is 5.19. The van der Waals surface area contributed by atoms with Crippen molar-refractivity contribution in [3.8, 4) is 5.75 Å². The second-order valence-corrected chi connectivity index (χ2v) is 5.66. The van der Waals surface area contributed by atoms with Gasteiger partial charge in [-0.1, -0.05) is 11.6 Å². The largest absolute Gasteiger partial charge is 0.546 e. The number of carboxylic acid groups (broad SMARTS) is 1. The molecule has 8 heteroatoms. The van der Waals surface area contributed by atoms with Crippen LogP contribution in [-0.2, 0) is 4.79 Å². The summed E-state index contributed by atoms with van der Waals surface area (Å²) in [6, 6.07) is 13.1. The van der Waals surface area contributed by atoms with Crippen LogP contribution in [-0.4, -0.2) is 24.7 Å². The van der Waals surface area contributed by atoms with Crippen molar-refractivity contribution in [3.63, 3.8) is 0 Å². The zero-order valence-electron chi connectivity index (χ0n) is 13.3. The molecule has 0 aliphatic carbocycles. The maximum Gasteiger partial charge on any atom is 0.307 e. The van der Waals surface area contributed by atoms with Crippen molar-refractivity contribution in [2.45, 2.75) is 0 Å². The number of amides is 1. The molecule has 1 amide bonds. The Labute approximate surface area is 152 Å². The molecule has 2 aromatic carbocycles. The van der Waals surface area contributed by atoms with Crippen LogP contribution < -0.4 is 15.3 Å². The van der Waals surface area contributed by atoms with E-state index in [1.807, 2.05) is 0 Å². The van der Waals surface area contributed by atoms with Gasteiger partial charge in [0.1, 0.15) is 17.9 Å². The van der Waals surface area contributed by atoms with Crippen molar-refractivity contribution in [2.24, 2.45) is 5.10 Å². The van der Waals surface area contributed by atoms with Crippen molar-refractivity contribution >= 4 is 40.7 Å². The molecule has 1 N–H and O–H groups in total. The van der Waals surface area contributed by atoms with Crippen molar-refractivity contribution in [2.75, 3.05) is 6.61 Å². The highest BCUT2D eigenvalue weighted by molar-refractivity contribution is 6.31. The van der Waals surface area contributed by atoms with Crippen LogP contribution in [0.1, 0.15) is 16.1 Å². The molecule has 3 rings (SSSR count). The van der Waals surface area contributed by atoms with Gasteiger partial charge in [0.25, 0.3) is 0 Å². The molecule has 0 bridgehead atoms. The number of carboxylic acids is 1. The van der Waals surface area contributed by atoms with Gasteiger partial charge in [0, 0.05) is 10.4 Å². The highest BCUT2D eigenvalue weighted by Gasteiger charge is 2.11. The molecular formula is C18H12ClN2O5-. The summed E-state index contributed by atoms with van der Waals surface area (Å²) in [5, 5.41) is 15.5. The zero-order chi connectivity index (χ0) is 18.5. The number of nitrogens with zero attached hydrogens (tertiary/aromatic N) is 1. The molecule has 0 saturated carbocycles. The van der Waals surface area contributed by atoms with E-state index in [0.717, 1.165) is 5.39 Å². The molecule has 1 aromatic heterocycles. The number of hydrazone groups is 1. The number of ether oxygens (including phenoxy) is 1. The fourth-order valence-corrected chi connectivity index (χ4v) is 2.32. The number of furan rings is 1. The Morgan fingerprint density at radius 3 is 2.69 bits per heavy atom. The Bertz CT molecular complexity index is 979. The predicted molar refractivity (Wildman–Crippen MR) is 93.2 cm³/mol. The third-order valence-electron chi connectivity index (χ3n) is 3.32. The summed E-state index contributed by atoms with van der Waals surface area (Å²) in [6.07, 6.45) is 1.43. The lowest BCUT2D eigenvalue weighted by molar-refractivity contribution is -0.307. The van der Waals surface area contributed by atoms with Crippen molar-refractivity contribution in [1.29, 1.82) is 0 Å². The number of fused-ring (bicyclic) bond motifs is 1. The quantitative estimate of drug-likeness (QED) is 0.527. The molecule has 26 heavy (non-hydrogen) atoms. The molecule has 3 aromatic rings. The van der Waals surface area contributed by atoms with Gasteiger partial charge in [-0.25, -0.2) is 5.43 Å². The van der Waals surface area contributed by atoms with Gasteiger partial charge in [-0.15, -0.1) is 0 Å². The van der Waals surface area contributed by atoms with Crippen LogP contribution in [0.3, 0.4) is 0 Å². The van der Waals surface area contributed by atoms with Gasteiger partial charge in [-0.2, -0.15) is 5.10 Å². The smallest absolute Gasteiger partial charge is 0.307 e. The molecule has 0 fully saturated rings. The van der Waals surface area contributed by atoms with Crippen molar-refractivity contribution in [1.82, 2.24) is 5.43 Å². The topological polar surface area (TPSA) is 104 Å². The zero-order valence-corrected chi connectivity index (χ0v) is 14.0. The van der Waals surface area contributed by atoms with E-state index in [0.29, 0.717) is 21.9 Å². The molecule has 0 unspecified atom stereocenters. The average molecular weight is 372 g/mol. The van der Waals surface area contributed by atoms with E-state index >= 15 is 0 Å². The first-order chi connectivity index (χ1) is 12.5. The van der Waals surface area contributed by atoms with Gasteiger partial charge in [-0.05, 0) is 54.1 Å². The summed E-state index contributed by atoms with van der Waals surface area (Å²) in [4.78, 5) is 22.4. The minimum atomic E-state index is -1.30. The molecule has 0 spiro atoms. The second-order valence-electron chi connectivity index (χ2n) is 5.22. The summed E-state index contributed by atoms with van der Waals surface area (Å²) in [5.41, 5.74) is 3.60. The molecule has 132 valence electrons. The maximum atomic E-state index is 12.1. The molecule has 1 heterocycles. The second kappa shape index (κ2) is 7.71. The predicted octanol–water partition coefficient (Wildman–Crippen LogP) is 1.98. The van der Waals surface area contributed by atoms with Gasteiger partial charge in [0.05, 0.1) is 12.2 Å². The highest BCUT2D eigenvalue weighted by atomic mass is 35.5. The molecule has 0 saturated heterocycles. The summed E-state index contributed by atoms with van der Waals surface area (Å²) in [5.74, 6) is -1.30. The number of carbonyl (C=O) groups excluding carboxylic acids is 2. The van der Waals surface area contributed by atoms with Crippen molar-refractivity contribution < 1.29 is 23.8 Å². The number of benzene rings is 2. The standard InChI is InChI=1S/C18H13ClN2O5/c19-13-3-6-15-12(7-13)8-16(26-15)18(24)21-20-9-11-1-4-14(5-2-11)25-10-17(22)23/h1-9H,10H2,(H,21,24)(H,22,23)/p-1/b20-9-. The fraction of sp³-hybridized carbons (Fsp3) is 0.0556. The molecule has 0 aliphatic heterocycles. The van der Waals surface area contributed by atoms with Crippen LogP contribution in [0, 0.1) is 0 Å². The van der Waals surface area contributed by atoms with Gasteiger partial charge in [0.2, 0.25) is 0 Å². The molecule has 7 nitrogen and oxygen atoms in total. The number of nitrogens with one attached hydrogen (secondary N) is 1. The third-order valence-corrected chi connectivity index (χ3v) is 3.55. The number of rotatable bonds is 6. The first-order valence-electron chi connectivity index (χ1n) is 7.46. The minimum Gasteiger partial charge on any atom is -0.546 e. The van der Waals surface area contributed by atoms with E-state index < -0.39 is 18.5 Å². The number of hydrogen-bond donors (Lipinski definition) is 1. The number of halogens is 1. The lowest BCUT2D eigenvalue weighted by Gasteiger charge is -2.06. The summed E-state index contributed by atoms with van der Waals surface area (Å²) in [6.45, 7) is -0.522. The van der Waals surface area contributed by atoms with E-state index in [1.165, 1.54) is 6.21 Å². The van der Waals surface area contributed by atoms with Crippen LogP contribution in [0.2, 0.25) is 5.02 Å². The van der Waals surface area contributed by atoms with Gasteiger partial charge in [0.15, 0.2) is 5.76 Å². The highest BCUT2D eigenvalue weighted by Crippen LogP contribution is 2.22. The van der Waals surface area contributed by atoms with Crippen LogP contribution in [0.25, 0.3) is 11.0 Å². The fourth-order valence-electron chi connectivity index (χ4n) is 2.14. The number of aliphatic carboxylic acids is 1.